The first-order valence-electron chi connectivity index (χ1n) is 7.76. The Morgan fingerprint density at radius 2 is 2.00 bits per heavy atom. The van der Waals surface area contributed by atoms with E-state index < -0.39 is 17.5 Å². The number of rotatable bonds is 5. The molecule has 8 heteroatoms. The topological polar surface area (TPSA) is 104 Å². The van der Waals surface area contributed by atoms with Gasteiger partial charge in [0.25, 0.3) is 5.91 Å². The lowest BCUT2D eigenvalue weighted by Crippen LogP contribution is -2.42. The van der Waals surface area contributed by atoms with Gasteiger partial charge in [-0.3, -0.25) is 24.5 Å². The van der Waals surface area contributed by atoms with Gasteiger partial charge in [-0.1, -0.05) is 18.2 Å². The van der Waals surface area contributed by atoms with Gasteiger partial charge in [0, 0.05) is 31.0 Å². The van der Waals surface area contributed by atoms with E-state index in [9.17, 15) is 14.4 Å². The molecule has 1 atom stereocenters. The molecule has 0 radical (unpaired) electrons. The van der Waals surface area contributed by atoms with Crippen LogP contribution >= 0.6 is 0 Å². The van der Waals surface area contributed by atoms with Gasteiger partial charge >= 0.3 is 6.03 Å². The maximum Gasteiger partial charge on any atom is 0.325 e. The molecule has 8 nitrogen and oxygen atoms in total. The molecule has 25 heavy (non-hydrogen) atoms. The van der Waals surface area contributed by atoms with Gasteiger partial charge in [0.2, 0.25) is 5.91 Å². The molecule has 1 aromatic carbocycles. The molecular weight excluding hydrogens is 322 g/mol. The molecule has 0 saturated carbocycles. The van der Waals surface area contributed by atoms with E-state index in [2.05, 4.69) is 20.6 Å². The van der Waals surface area contributed by atoms with Crippen LogP contribution in [0.1, 0.15) is 19.0 Å². The van der Waals surface area contributed by atoms with Gasteiger partial charge in [0.1, 0.15) is 0 Å². The van der Waals surface area contributed by atoms with Crippen LogP contribution in [0.25, 0.3) is 0 Å². The van der Waals surface area contributed by atoms with Gasteiger partial charge in [-0.2, -0.15) is 0 Å². The molecule has 1 aliphatic heterocycles. The van der Waals surface area contributed by atoms with E-state index in [1.807, 2.05) is 6.07 Å². The smallest absolute Gasteiger partial charge is 0.325 e. The average Bonchev–Trinajstić information content (AvgIpc) is 2.85. The fraction of sp³-hybridized carbons (Fsp3) is 0.235. The lowest BCUT2D eigenvalue weighted by molar-refractivity contribution is -0.131. The number of carbonyl (C=O) groups excluding carboxylic acids is 3. The number of benzene rings is 1. The molecule has 3 rings (SSSR count). The highest BCUT2D eigenvalue weighted by atomic mass is 16.2. The molecule has 1 saturated heterocycles. The van der Waals surface area contributed by atoms with Crippen molar-refractivity contribution < 1.29 is 14.4 Å². The van der Waals surface area contributed by atoms with Gasteiger partial charge in [0.05, 0.1) is 11.9 Å². The van der Waals surface area contributed by atoms with Crippen LogP contribution in [0.2, 0.25) is 0 Å². The zero-order chi connectivity index (χ0) is 17.9. The first kappa shape index (κ1) is 16.6. The number of urea groups is 1. The monoisotopic (exact) mass is 339 g/mol. The number of nitrogens with zero attached hydrogens (tertiary/aromatic N) is 3. The zero-order valence-electron chi connectivity index (χ0n) is 13.6. The van der Waals surface area contributed by atoms with Gasteiger partial charge in [-0.05, 0) is 19.1 Å². The van der Waals surface area contributed by atoms with Crippen LogP contribution in [0.3, 0.4) is 0 Å². The quantitative estimate of drug-likeness (QED) is 0.798. The number of carbonyl (C=O) groups is 3. The number of anilines is 1. The molecular formula is C17H17N5O3. The standard InChI is InChI=1S/C17H17N5O3/c1-17(13-11-18-8-9-19-13)15(24)22(16(25)21-17)10-7-14(23)20-12-5-3-2-4-6-12/h2-6,8-9,11H,7,10H2,1H3,(H,20,23)(H,21,25)/t17-/m0/s1. The lowest BCUT2D eigenvalue weighted by Gasteiger charge is -2.20. The molecule has 0 unspecified atom stereocenters. The summed E-state index contributed by atoms with van der Waals surface area (Å²) in [4.78, 5) is 45.9. The van der Waals surface area contributed by atoms with Gasteiger partial charge in [-0.25, -0.2) is 4.79 Å². The molecule has 2 N–H and O–H groups in total. The van der Waals surface area contributed by atoms with Gasteiger partial charge in [-0.15, -0.1) is 0 Å². The van der Waals surface area contributed by atoms with Crippen LogP contribution in [0, 0.1) is 0 Å². The second-order valence-electron chi connectivity index (χ2n) is 5.77. The summed E-state index contributed by atoms with van der Waals surface area (Å²) in [6.07, 6.45) is 4.38. The van der Waals surface area contributed by atoms with E-state index in [1.54, 1.807) is 31.2 Å². The Labute approximate surface area is 144 Å². The number of para-hydroxylation sites is 1. The summed E-state index contributed by atoms with van der Waals surface area (Å²) >= 11 is 0. The van der Waals surface area contributed by atoms with Gasteiger partial charge in [0.15, 0.2) is 5.54 Å². The number of amides is 4. The van der Waals surface area contributed by atoms with E-state index in [0.717, 1.165) is 4.90 Å². The summed E-state index contributed by atoms with van der Waals surface area (Å²) in [5.74, 6) is -0.731. The van der Waals surface area contributed by atoms with Crippen molar-refractivity contribution in [3.63, 3.8) is 0 Å². The number of imide groups is 1. The van der Waals surface area contributed by atoms with Crippen molar-refractivity contribution in [3.05, 3.63) is 54.6 Å². The third-order valence-electron chi connectivity index (χ3n) is 3.97. The van der Waals surface area contributed by atoms with E-state index in [1.165, 1.54) is 18.6 Å². The summed E-state index contributed by atoms with van der Waals surface area (Å²) in [7, 11) is 0. The van der Waals surface area contributed by atoms with Gasteiger partial charge < -0.3 is 10.6 Å². The minimum Gasteiger partial charge on any atom is -0.326 e. The molecule has 0 aliphatic carbocycles. The van der Waals surface area contributed by atoms with Crippen molar-refractivity contribution in [1.29, 1.82) is 0 Å². The van der Waals surface area contributed by atoms with Crippen LogP contribution in [-0.2, 0) is 15.1 Å². The highest BCUT2D eigenvalue weighted by molar-refractivity contribution is 6.07. The highest BCUT2D eigenvalue weighted by Crippen LogP contribution is 2.26. The molecule has 1 aliphatic rings. The molecule has 0 spiro atoms. The minimum atomic E-state index is -1.28. The van der Waals surface area contributed by atoms with Crippen LogP contribution < -0.4 is 10.6 Å². The number of hydrogen-bond acceptors (Lipinski definition) is 5. The summed E-state index contributed by atoms with van der Waals surface area (Å²) in [5.41, 5.74) is -0.264. The van der Waals surface area contributed by atoms with E-state index in [4.69, 9.17) is 0 Å². The Bertz CT molecular complexity index is 796. The van der Waals surface area contributed by atoms with Crippen LogP contribution in [0.5, 0.6) is 0 Å². The molecule has 2 aromatic rings. The average molecular weight is 339 g/mol. The molecule has 128 valence electrons. The minimum absolute atomic E-state index is 0.00457. The van der Waals surface area contributed by atoms with Crippen molar-refractivity contribution in [2.24, 2.45) is 0 Å². The fourth-order valence-electron chi connectivity index (χ4n) is 2.59. The van der Waals surface area contributed by atoms with Crippen molar-refractivity contribution in [3.8, 4) is 0 Å². The normalized spacial score (nSPS) is 19.6. The maximum atomic E-state index is 12.7. The first-order valence-corrected chi connectivity index (χ1v) is 7.76. The van der Waals surface area contributed by atoms with Crippen LogP contribution in [0.4, 0.5) is 10.5 Å². The summed E-state index contributed by atoms with van der Waals surface area (Å²) in [5, 5.41) is 5.34. The Kier molecular flexibility index (Phi) is 4.42. The Morgan fingerprint density at radius 3 is 2.68 bits per heavy atom. The first-order chi connectivity index (χ1) is 12.0. The molecule has 1 fully saturated rings. The molecule has 0 bridgehead atoms. The second-order valence-corrected chi connectivity index (χ2v) is 5.77. The Hall–Kier alpha value is -3.29. The van der Waals surface area contributed by atoms with E-state index in [0.29, 0.717) is 11.4 Å². The number of hydrogen-bond donors (Lipinski definition) is 2. The van der Waals surface area contributed by atoms with Crippen LogP contribution in [-0.4, -0.2) is 39.3 Å². The summed E-state index contributed by atoms with van der Waals surface area (Å²) in [6.45, 7) is 1.56. The predicted molar refractivity (Wildman–Crippen MR) is 89.3 cm³/mol. The van der Waals surface area contributed by atoms with Crippen molar-refractivity contribution >= 4 is 23.5 Å². The predicted octanol–water partition coefficient (Wildman–Crippen LogP) is 1.27. The summed E-state index contributed by atoms with van der Waals surface area (Å²) < 4.78 is 0. The zero-order valence-corrected chi connectivity index (χ0v) is 13.6. The van der Waals surface area contributed by atoms with E-state index in [-0.39, 0.29) is 18.9 Å². The van der Waals surface area contributed by atoms with Crippen molar-refractivity contribution in [2.45, 2.75) is 18.9 Å². The van der Waals surface area contributed by atoms with Crippen molar-refractivity contribution in [1.82, 2.24) is 20.2 Å². The molecule has 1 aromatic heterocycles. The third kappa shape index (κ3) is 3.32. The molecule has 4 amide bonds. The SMILES string of the molecule is C[C@@]1(c2cnccn2)NC(=O)N(CCC(=O)Nc2ccccc2)C1=O. The summed E-state index contributed by atoms with van der Waals surface area (Å²) in [6, 6.07) is 8.42. The molecule has 2 heterocycles. The second kappa shape index (κ2) is 6.68. The van der Waals surface area contributed by atoms with Crippen LogP contribution in [0.15, 0.2) is 48.9 Å². The van der Waals surface area contributed by atoms with E-state index >= 15 is 0 Å². The Balaban J connectivity index is 1.64. The largest absolute Gasteiger partial charge is 0.326 e. The maximum absolute atomic E-state index is 12.7. The number of nitrogens with one attached hydrogen (secondary N) is 2. The lowest BCUT2D eigenvalue weighted by atomic mass is 9.98. The fourth-order valence-corrected chi connectivity index (χ4v) is 2.59. The number of aromatic nitrogens is 2. The van der Waals surface area contributed by atoms with Crippen molar-refractivity contribution in [2.75, 3.05) is 11.9 Å². The highest BCUT2D eigenvalue weighted by Gasteiger charge is 2.50. The Morgan fingerprint density at radius 1 is 1.24 bits per heavy atom. The third-order valence-corrected chi connectivity index (χ3v) is 3.97.